The molecule has 0 aromatic carbocycles. The van der Waals surface area contributed by atoms with Crippen molar-refractivity contribution < 1.29 is 46.9 Å². The number of fused-ring (bicyclic) bond motifs is 4. The third kappa shape index (κ3) is 6.69. The van der Waals surface area contributed by atoms with Gasteiger partial charge in [-0.3, -0.25) is 13.6 Å². The van der Waals surface area contributed by atoms with Crippen molar-refractivity contribution in [3.63, 3.8) is 0 Å². The molecule has 4 aromatic heterocycles. The minimum absolute atomic E-state index is 0.0564. The minimum Gasteiger partial charge on any atom is -0.387 e. The molecule has 7 heterocycles. The number of aliphatic hydroxyl groups excluding tert-OH is 1. The first-order valence-electron chi connectivity index (χ1n) is 16.1. The van der Waals surface area contributed by atoms with Gasteiger partial charge in [0.05, 0.1) is 25.2 Å². The molecule has 0 radical (unpaired) electrons. The van der Waals surface area contributed by atoms with Crippen LogP contribution < -0.4 is 16.8 Å². The van der Waals surface area contributed by atoms with E-state index in [0.29, 0.717) is 18.7 Å². The number of nitrogens with zero attached hydrogens (tertiary/aromatic N) is 7. The minimum atomic E-state index is -4.24. The summed E-state index contributed by atoms with van der Waals surface area (Å²) in [5.74, 6) is 0.218. The molecule has 2 bridgehead atoms. The van der Waals surface area contributed by atoms with Gasteiger partial charge in [-0.25, -0.2) is 19.3 Å². The van der Waals surface area contributed by atoms with Crippen molar-refractivity contribution in [2.24, 2.45) is 5.73 Å². The summed E-state index contributed by atoms with van der Waals surface area (Å²) in [4.78, 5) is 44.3. The molecule has 0 amide bonds. The maximum Gasteiger partial charge on any atom is 0.325 e. The van der Waals surface area contributed by atoms with Gasteiger partial charge in [-0.15, -0.1) is 0 Å². The lowest BCUT2D eigenvalue weighted by atomic mass is 10.1. The fourth-order valence-electron chi connectivity index (χ4n) is 6.87. The Morgan fingerprint density at radius 3 is 2.45 bits per heavy atom. The van der Waals surface area contributed by atoms with Crippen LogP contribution in [0.3, 0.4) is 0 Å². The van der Waals surface area contributed by atoms with Crippen LogP contribution in [0.2, 0.25) is 0 Å². The highest BCUT2D eigenvalue weighted by molar-refractivity contribution is 8.07. The molecule has 8 rings (SSSR count). The summed E-state index contributed by atoms with van der Waals surface area (Å²) in [6.07, 6.45) is -3.29. The van der Waals surface area contributed by atoms with Crippen molar-refractivity contribution in [3.05, 3.63) is 30.1 Å². The molecule has 10 atom stereocenters. The fraction of sp³-hybridized carbons (Fsp3) is 0.593. The van der Waals surface area contributed by atoms with E-state index in [-0.39, 0.29) is 22.9 Å². The van der Waals surface area contributed by atoms with Crippen LogP contribution in [0.15, 0.2) is 18.9 Å². The van der Waals surface area contributed by atoms with Crippen LogP contribution in [-0.4, -0.2) is 112 Å². The summed E-state index contributed by atoms with van der Waals surface area (Å²) < 4.78 is 54.7. The molecule has 24 heteroatoms. The first-order chi connectivity index (χ1) is 24.4. The van der Waals surface area contributed by atoms with Gasteiger partial charge >= 0.3 is 13.4 Å². The molecule has 3 fully saturated rings. The summed E-state index contributed by atoms with van der Waals surface area (Å²) in [5, 5.41) is 15.2. The third-order valence-electron chi connectivity index (χ3n) is 9.19. The number of rotatable bonds is 5. The van der Waals surface area contributed by atoms with Crippen LogP contribution in [0.5, 0.6) is 0 Å². The van der Waals surface area contributed by atoms with Gasteiger partial charge in [0.2, 0.25) is 5.95 Å². The average Bonchev–Trinajstić information content (AvgIpc) is 3.79. The van der Waals surface area contributed by atoms with E-state index in [1.165, 1.54) is 17.2 Å². The number of nitrogens with one attached hydrogen (secondary N) is 1. The molecular formula is C27H35FN10O9P2S2. The molecule has 1 aliphatic carbocycles. The number of hydrogen-bond donors (Lipinski definition) is 6. The van der Waals surface area contributed by atoms with Gasteiger partial charge in [-0.1, -0.05) is 0 Å². The Labute approximate surface area is 299 Å². The van der Waals surface area contributed by atoms with Crippen molar-refractivity contribution >= 4 is 71.0 Å². The predicted molar refractivity (Wildman–Crippen MR) is 185 cm³/mol. The third-order valence-corrected chi connectivity index (χ3v) is 12.3. The zero-order valence-electron chi connectivity index (χ0n) is 26.7. The highest BCUT2D eigenvalue weighted by Crippen LogP contribution is 2.54. The lowest BCUT2D eigenvalue weighted by Crippen LogP contribution is -2.35. The Kier molecular flexibility index (Phi) is 9.63. The van der Waals surface area contributed by atoms with Crippen molar-refractivity contribution in [1.29, 1.82) is 0 Å². The molecule has 4 aliphatic rings. The van der Waals surface area contributed by atoms with Gasteiger partial charge < -0.3 is 54.8 Å². The number of aromatic nitrogens is 7. The van der Waals surface area contributed by atoms with Crippen LogP contribution in [0.1, 0.15) is 36.6 Å². The lowest BCUT2D eigenvalue weighted by molar-refractivity contribution is -0.0602. The molecule has 3 aliphatic heterocycles. The largest absolute Gasteiger partial charge is 0.387 e. The van der Waals surface area contributed by atoms with E-state index in [9.17, 15) is 14.9 Å². The topological polar surface area (TPSA) is 254 Å². The predicted octanol–water partition coefficient (Wildman–Crippen LogP) is 0.847. The van der Waals surface area contributed by atoms with Crippen LogP contribution in [0.4, 0.5) is 16.2 Å². The van der Waals surface area contributed by atoms with Crippen LogP contribution >= 0.6 is 13.4 Å². The second-order valence-electron chi connectivity index (χ2n) is 12.5. The maximum atomic E-state index is 16.5. The van der Waals surface area contributed by atoms with Gasteiger partial charge in [-0.2, -0.15) is 9.97 Å². The number of anilines is 2. The molecule has 0 saturated carbocycles. The molecule has 0 spiro atoms. The van der Waals surface area contributed by atoms with Crippen molar-refractivity contribution in [1.82, 2.24) is 34.1 Å². The molecule has 51 heavy (non-hydrogen) atoms. The van der Waals surface area contributed by atoms with Gasteiger partial charge in [0.15, 0.2) is 30.1 Å². The fourth-order valence-corrected chi connectivity index (χ4v) is 9.72. The van der Waals surface area contributed by atoms with E-state index < -0.39 is 75.8 Å². The molecule has 2 unspecified atom stereocenters. The van der Waals surface area contributed by atoms with E-state index in [1.807, 2.05) is 0 Å². The molecule has 8 N–H and O–H groups in total. The van der Waals surface area contributed by atoms with E-state index >= 15 is 4.39 Å². The second kappa shape index (κ2) is 13.8. The summed E-state index contributed by atoms with van der Waals surface area (Å²) in [5.41, 5.74) is 14.5. The normalized spacial score (nSPS) is 35.9. The van der Waals surface area contributed by atoms with Gasteiger partial charge in [0, 0.05) is 24.7 Å². The summed E-state index contributed by atoms with van der Waals surface area (Å²) >= 11 is 10.7. The van der Waals surface area contributed by atoms with Gasteiger partial charge in [-0.05, 0) is 54.9 Å². The molecule has 3 saturated heterocycles. The summed E-state index contributed by atoms with van der Waals surface area (Å²) in [6.45, 7) is -8.86. The Bertz CT molecular complexity index is 2060. The number of nitrogen functional groups attached to an aromatic ring is 1. The number of halogens is 1. The number of ether oxygens (including phenoxy) is 2. The summed E-state index contributed by atoms with van der Waals surface area (Å²) in [6, 6.07) is 0. The number of aryl methyl sites for hydroxylation is 2. The first-order valence-corrected chi connectivity index (χ1v) is 21.3. The SMILES string of the molecule is NCCNc1nc(N)c2ncn([C@@H]3O[C@@H]4COP(O)(=S)O[C@H]5[C@@H](F)[C@H](n6cc7c8c(ncnc86)CCCC7)O[C@@H]5COP(O)(=S)O[C@@H]3[C@@H]4O)c2n1. The van der Waals surface area contributed by atoms with Crippen molar-refractivity contribution in [2.45, 2.75) is 74.8 Å². The zero-order chi connectivity index (χ0) is 35.7. The van der Waals surface area contributed by atoms with E-state index in [0.717, 1.165) is 42.3 Å². The van der Waals surface area contributed by atoms with E-state index in [1.54, 1.807) is 10.8 Å². The monoisotopic (exact) mass is 788 g/mol. The quantitative estimate of drug-likeness (QED) is 0.153. The van der Waals surface area contributed by atoms with E-state index in [2.05, 4.69) is 30.2 Å². The van der Waals surface area contributed by atoms with Gasteiger partial charge in [0.1, 0.15) is 48.0 Å². The Morgan fingerprint density at radius 2 is 1.67 bits per heavy atom. The molecule has 276 valence electrons. The number of hydrogen-bond acceptors (Lipinski definition) is 17. The zero-order valence-corrected chi connectivity index (χ0v) is 30.1. The highest BCUT2D eigenvalue weighted by Gasteiger charge is 2.53. The van der Waals surface area contributed by atoms with Crippen LogP contribution in [-0.2, 0) is 64.0 Å². The smallest absolute Gasteiger partial charge is 0.325 e. The number of nitrogens with two attached hydrogens (primary N) is 2. The second-order valence-corrected chi connectivity index (χ2v) is 18.1. The van der Waals surface area contributed by atoms with Crippen molar-refractivity contribution in [2.75, 3.05) is 37.4 Å². The number of imidazole rings is 1. The first kappa shape index (κ1) is 35.6. The van der Waals surface area contributed by atoms with Crippen LogP contribution in [0.25, 0.3) is 22.2 Å². The standard InChI is InChI=1S/C27H35FN10O9P2S2/c28-17-20-15(45-25(17)37-7-12-3-1-2-4-13-16(12)23(37)33-10-32-13)9-43-49(41,51)47-21-19(39)14(8-42-48(40,50)46-20)44-26(21)38-11-34-18-22(30)35-27(31-6-5-29)36-24(18)38/h7,10-11,14-15,17,19-21,25-26,39H,1-6,8-9,29H2,(H,40,50)(H,41,51)(H3,30,31,35,36)/t14-,15-,17-,19-,20-,21-,25-,26-,48?,49?/m1/s1. The van der Waals surface area contributed by atoms with E-state index in [4.69, 9.17) is 62.6 Å². The number of alkyl halides is 1. The van der Waals surface area contributed by atoms with Crippen molar-refractivity contribution in [3.8, 4) is 0 Å². The van der Waals surface area contributed by atoms with Crippen LogP contribution in [0, 0.1) is 0 Å². The highest BCUT2D eigenvalue weighted by atomic mass is 32.5. The Hall–Kier alpha value is -2.40. The summed E-state index contributed by atoms with van der Waals surface area (Å²) in [7, 11) is 0. The van der Waals surface area contributed by atoms with Gasteiger partial charge in [0.25, 0.3) is 0 Å². The molecule has 4 aromatic rings. The Balaban J connectivity index is 1.10. The maximum absolute atomic E-state index is 16.5. The molecular weight excluding hydrogens is 753 g/mol. The number of aliphatic hydroxyl groups is 1. The Morgan fingerprint density at radius 1 is 0.941 bits per heavy atom. The molecule has 19 nitrogen and oxygen atoms in total. The lowest BCUT2D eigenvalue weighted by Gasteiger charge is -2.27. The average molecular weight is 789 g/mol.